The fraction of sp³-hybridized carbons (Fsp3) is 0.923. The molecule has 3 rings (SSSR count). The lowest BCUT2D eigenvalue weighted by Gasteiger charge is -2.38. The fourth-order valence-corrected chi connectivity index (χ4v) is 6.05. The van der Waals surface area contributed by atoms with E-state index in [1.54, 1.807) is 0 Å². The van der Waals surface area contributed by atoms with Gasteiger partial charge in [-0.15, -0.1) is 0 Å². The van der Waals surface area contributed by atoms with Crippen molar-refractivity contribution < 1.29 is 18.3 Å². The Morgan fingerprint density at radius 2 is 1.47 bits per heavy atom. The van der Waals surface area contributed by atoms with Gasteiger partial charge in [0, 0.05) is 13.2 Å². The molecule has 0 aromatic heterocycles. The molecule has 0 amide bonds. The zero-order valence-corrected chi connectivity index (χ0v) is 19.1. The molecule has 0 N–H and O–H groups in total. The highest BCUT2D eigenvalue weighted by Gasteiger charge is 2.32. The summed E-state index contributed by atoms with van der Waals surface area (Å²) in [5, 5.41) is 0. The first-order valence-electron chi connectivity index (χ1n) is 12.9. The SMILES string of the molecule is CCCOC1CCC(CCC2CCC(C3CCC(CCC=C(F)F)CC3)OC2)CC1. The van der Waals surface area contributed by atoms with Gasteiger partial charge in [-0.3, -0.25) is 0 Å². The molecule has 0 aromatic carbocycles. The second-order valence-electron chi connectivity index (χ2n) is 10.3. The van der Waals surface area contributed by atoms with Gasteiger partial charge in [-0.1, -0.05) is 26.2 Å². The van der Waals surface area contributed by atoms with Crippen molar-refractivity contribution in [2.75, 3.05) is 13.2 Å². The minimum absolute atomic E-state index is 0.455. The molecule has 174 valence electrons. The van der Waals surface area contributed by atoms with Gasteiger partial charge in [0.15, 0.2) is 0 Å². The standard InChI is InChI=1S/C26H44F2O2/c1-2-18-29-24-15-10-21(11-16-24)6-7-22-12-17-25(30-19-22)23-13-8-20(9-14-23)4-3-5-26(27)28/h5,20-25H,2-4,6-19H2,1H3. The van der Waals surface area contributed by atoms with Crippen LogP contribution in [0, 0.1) is 23.7 Å². The van der Waals surface area contributed by atoms with Crippen LogP contribution in [0.3, 0.4) is 0 Å². The normalized spacial score (nSPS) is 35.2. The molecule has 1 heterocycles. The molecule has 2 saturated carbocycles. The Bertz CT molecular complexity index is 481. The van der Waals surface area contributed by atoms with Crippen LogP contribution in [0.5, 0.6) is 0 Å². The Morgan fingerprint density at radius 1 is 0.833 bits per heavy atom. The highest BCUT2D eigenvalue weighted by atomic mass is 19.3. The van der Waals surface area contributed by atoms with Crippen molar-refractivity contribution in [3.8, 4) is 0 Å². The third-order valence-corrected chi connectivity index (χ3v) is 8.03. The zero-order valence-electron chi connectivity index (χ0n) is 19.1. The van der Waals surface area contributed by atoms with Gasteiger partial charge < -0.3 is 9.47 Å². The predicted molar refractivity (Wildman–Crippen MR) is 119 cm³/mol. The van der Waals surface area contributed by atoms with Crippen molar-refractivity contribution in [2.24, 2.45) is 23.7 Å². The number of allylic oxidation sites excluding steroid dienone is 1. The molecule has 3 fully saturated rings. The van der Waals surface area contributed by atoms with Crippen LogP contribution < -0.4 is 0 Å². The zero-order chi connectivity index (χ0) is 21.2. The summed E-state index contributed by atoms with van der Waals surface area (Å²) in [7, 11) is 0. The van der Waals surface area contributed by atoms with Gasteiger partial charge in [0.1, 0.15) is 0 Å². The number of ether oxygens (including phenoxy) is 2. The first-order valence-corrected chi connectivity index (χ1v) is 12.9. The molecule has 30 heavy (non-hydrogen) atoms. The number of rotatable bonds is 10. The lowest BCUT2D eigenvalue weighted by Crippen LogP contribution is -2.34. The molecule has 2 aliphatic carbocycles. The molecular weight excluding hydrogens is 382 g/mol. The van der Waals surface area contributed by atoms with Crippen molar-refractivity contribution in [2.45, 2.75) is 115 Å². The van der Waals surface area contributed by atoms with E-state index in [0.29, 0.717) is 30.5 Å². The van der Waals surface area contributed by atoms with Gasteiger partial charge in [-0.05, 0) is 107 Å². The maximum Gasteiger partial charge on any atom is 0.266 e. The summed E-state index contributed by atoms with van der Waals surface area (Å²) in [5.41, 5.74) is 0. The van der Waals surface area contributed by atoms with E-state index >= 15 is 0 Å². The van der Waals surface area contributed by atoms with E-state index in [-0.39, 0.29) is 0 Å². The molecular formula is C26H44F2O2. The number of hydrogen-bond donors (Lipinski definition) is 0. The van der Waals surface area contributed by atoms with E-state index in [1.165, 1.54) is 77.0 Å². The lowest BCUT2D eigenvalue weighted by molar-refractivity contribution is -0.0610. The van der Waals surface area contributed by atoms with Crippen LogP contribution >= 0.6 is 0 Å². The van der Waals surface area contributed by atoms with Gasteiger partial charge >= 0.3 is 0 Å². The van der Waals surface area contributed by atoms with Crippen LogP contribution in [0.15, 0.2) is 12.2 Å². The van der Waals surface area contributed by atoms with Crippen molar-refractivity contribution in [1.29, 1.82) is 0 Å². The first-order chi connectivity index (χ1) is 14.6. The van der Waals surface area contributed by atoms with Gasteiger partial charge in [-0.25, -0.2) is 0 Å². The van der Waals surface area contributed by atoms with E-state index in [9.17, 15) is 8.78 Å². The Balaban J connectivity index is 1.25. The topological polar surface area (TPSA) is 18.5 Å². The molecule has 1 saturated heterocycles. The average molecular weight is 427 g/mol. The summed E-state index contributed by atoms with van der Waals surface area (Å²) in [6.45, 7) is 4.07. The third-order valence-electron chi connectivity index (χ3n) is 8.03. The van der Waals surface area contributed by atoms with Crippen LogP contribution in [0.25, 0.3) is 0 Å². The predicted octanol–water partition coefficient (Wildman–Crippen LogP) is 7.91. The highest BCUT2D eigenvalue weighted by molar-refractivity contribution is 4.85. The van der Waals surface area contributed by atoms with E-state index in [4.69, 9.17) is 9.47 Å². The Morgan fingerprint density at radius 3 is 2.10 bits per heavy atom. The van der Waals surface area contributed by atoms with E-state index in [1.807, 2.05) is 0 Å². The largest absolute Gasteiger partial charge is 0.378 e. The van der Waals surface area contributed by atoms with E-state index in [2.05, 4.69) is 6.92 Å². The Hall–Kier alpha value is -0.480. The second kappa shape index (κ2) is 13.2. The average Bonchev–Trinajstić information content (AvgIpc) is 2.78. The lowest BCUT2D eigenvalue weighted by atomic mass is 9.75. The van der Waals surface area contributed by atoms with E-state index in [0.717, 1.165) is 44.0 Å². The highest BCUT2D eigenvalue weighted by Crippen LogP contribution is 2.39. The maximum atomic E-state index is 12.2. The van der Waals surface area contributed by atoms with Crippen molar-refractivity contribution >= 4 is 0 Å². The molecule has 0 aromatic rings. The van der Waals surface area contributed by atoms with Crippen LogP contribution in [0.4, 0.5) is 8.78 Å². The van der Waals surface area contributed by atoms with Crippen molar-refractivity contribution in [3.63, 3.8) is 0 Å². The minimum Gasteiger partial charge on any atom is -0.378 e. The fourth-order valence-electron chi connectivity index (χ4n) is 6.05. The summed E-state index contributed by atoms with van der Waals surface area (Å²) < 4.78 is 36.6. The molecule has 3 aliphatic rings. The van der Waals surface area contributed by atoms with Crippen molar-refractivity contribution in [1.82, 2.24) is 0 Å². The van der Waals surface area contributed by atoms with Gasteiger partial charge in [0.25, 0.3) is 6.08 Å². The first kappa shape index (κ1) is 24.2. The monoisotopic (exact) mass is 426 g/mol. The minimum atomic E-state index is -1.53. The summed E-state index contributed by atoms with van der Waals surface area (Å²) >= 11 is 0. The van der Waals surface area contributed by atoms with Gasteiger partial charge in [0.2, 0.25) is 0 Å². The van der Waals surface area contributed by atoms with Crippen molar-refractivity contribution in [3.05, 3.63) is 12.2 Å². The number of hydrogen-bond acceptors (Lipinski definition) is 2. The van der Waals surface area contributed by atoms with E-state index < -0.39 is 6.08 Å². The molecule has 1 aliphatic heterocycles. The Kier molecular flexibility index (Phi) is 10.6. The molecule has 4 heteroatoms. The van der Waals surface area contributed by atoms with Gasteiger partial charge in [-0.2, -0.15) is 8.78 Å². The van der Waals surface area contributed by atoms with Crippen LogP contribution in [-0.2, 0) is 9.47 Å². The van der Waals surface area contributed by atoms with Gasteiger partial charge in [0.05, 0.1) is 12.2 Å². The van der Waals surface area contributed by atoms with Crippen LogP contribution in [-0.4, -0.2) is 25.4 Å². The molecule has 0 bridgehead atoms. The molecule has 2 atom stereocenters. The maximum absolute atomic E-state index is 12.2. The summed E-state index contributed by atoms with van der Waals surface area (Å²) in [5.74, 6) is 3.00. The number of halogens is 2. The van der Waals surface area contributed by atoms with Crippen LogP contribution in [0.1, 0.15) is 103 Å². The smallest absolute Gasteiger partial charge is 0.266 e. The quantitative estimate of drug-likeness (QED) is 0.353. The summed E-state index contributed by atoms with van der Waals surface area (Å²) in [4.78, 5) is 0. The molecule has 2 unspecified atom stereocenters. The molecule has 2 nitrogen and oxygen atoms in total. The molecule has 0 spiro atoms. The summed E-state index contributed by atoms with van der Waals surface area (Å²) in [6, 6.07) is 0. The third kappa shape index (κ3) is 8.22. The second-order valence-corrected chi connectivity index (χ2v) is 10.3. The summed E-state index contributed by atoms with van der Waals surface area (Å²) in [6.07, 6.45) is 18.5. The molecule has 0 radical (unpaired) electrons. The Labute approximate surface area is 183 Å². The van der Waals surface area contributed by atoms with Crippen LogP contribution in [0.2, 0.25) is 0 Å².